The lowest BCUT2D eigenvalue weighted by atomic mass is 9.97. The van der Waals surface area contributed by atoms with E-state index in [0.717, 1.165) is 19.3 Å². The van der Waals surface area contributed by atoms with Crippen LogP contribution in [0, 0.1) is 0 Å². The summed E-state index contributed by atoms with van der Waals surface area (Å²) in [6.07, 6.45) is 3.30. The van der Waals surface area contributed by atoms with E-state index in [0.29, 0.717) is 0 Å². The van der Waals surface area contributed by atoms with Crippen molar-refractivity contribution in [2.45, 2.75) is 45.6 Å². The number of unbranched alkanes of at least 4 members (excludes halogenated alkanes) is 1. The number of rotatable bonds is 5. The molecule has 0 bridgehead atoms. The molecule has 0 rings (SSSR count). The molecule has 3 N–H and O–H groups in total. The second-order valence-corrected chi connectivity index (χ2v) is 3.74. The van der Waals surface area contributed by atoms with Crippen LogP contribution in [0.25, 0.3) is 0 Å². The molecule has 0 aromatic carbocycles. The summed E-state index contributed by atoms with van der Waals surface area (Å²) in [4.78, 5) is 11.0. The summed E-state index contributed by atoms with van der Waals surface area (Å²) < 4.78 is 0. The molecule has 72 valence electrons. The Balaban J connectivity index is 3.77. The fourth-order valence-corrected chi connectivity index (χ4v) is 1.11. The van der Waals surface area contributed by atoms with E-state index in [2.05, 4.69) is 12.2 Å². The number of hydrogen-bond acceptors (Lipinski definition) is 2. The van der Waals surface area contributed by atoms with Crippen LogP contribution in [0.4, 0.5) is 0 Å². The third-order valence-electron chi connectivity index (χ3n) is 1.82. The van der Waals surface area contributed by atoms with Gasteiger partial charge in [-0.3, -0.25) is 4.79 Å². The maximum absolute atomic E-state index is 11.0. The van der Waals surface area contributed by atoms with E-state index in [-0.39, 0.29) is 18.0 Å². The summed E-state index contributed by atoms with van der Waals surface area (Å²) in [6.45, 7) is 6.27. The van der Waals surface area contributed by atoms with Crippen molar-refractivity contribution >= 4 is 5.91 Å². The second kappa shape index (κ2) is 5.14. The number of amides is 1. The lowest BCUT2D eigenvalue weighted by molar-refractivity contribution is -0.121. The van der Waals surface area contributed by atoms with Gasteiger partial charge in [0.05, 0.1) is 6.54 Å². The molecule has 0 aliphatic heterocycles. The highest BCUT2D eigenvalue weighted by atomic mass is 16.1. The molecule has 0 saturated heterocycles. The van der Waals surface area contributed by atoms with Crippen LogP contribution in [-0.4, -0.2) is 18.0 Å². The fraction of sp³-hybridized carbons (Fsp3) is 0.889. The molecule has 0 spiro atoms. The molecular formula is C9H20N2O. The van der Waals surface area contributed by atoms with Crippen LogP contribution in [-0.2, 0) is 4.79 Å². The van der Waals surface area contributed by atoms with Gasteiger partial charge >= 0.3 is 0 Å². The predicted octanol–water partition coefficient (Wildman–Crippen LogP) is 1.03. The standard InChI is InChI=1S/C9H20N2O/c1-4-5-6-9(2,3)11-8(12)7-10/h4-7,10H2,1-3H3,(H,11,12). The Bertz CT molecular complexity index is 143. The summed E-state index contributed by atoms with van der Waals surface area (Å²) in [5, 5.41) is 2.88. The van der Waals surface area contributed by atoms with Gasteiger partial charge in [0, 0.05) is 5.54 Å². The average Bonchev–Trinajstić information content (AvgIpc) is 2.00. The lowest BCUT2D eigenvalue weighted by Gasteiger charge is -2.25. The van der Waals surface area contributed by atoms with Crippen LogP contribution < -0.4 is 11.1 Å². The molecule has 0 radical (unpaired) electrons. The molecule has 0 aliphatic rings. The zero-order chi connectivity index (χ0) is 9.61. The van der Waals surface area contributed by atoms with Crippen molar-refractivity contribution in [3.8, 4) is 0 Å². The predicted molar refractivity (Wildman–Crippen MR) is 50.8 cm³/mol. The summed E-state index contributed by atoms with van der Waals surface area (Å²) >= 11 is 0. The molecule has 12 heavy (non-hydrogen) atoms. The summed E-state index contributed by atoms with van der Waals surface area (Å²) in [5.74, 6) is -0.0731. The van der Waals surface area contributed by atoms with E-state index in [9.17, 15) is 4.79 Å². The Labute approximate surface area is 74.7 Å². The summed E-state index contributed by atoms with van der Waals surface area (Å²) in [6, 6.07) is 0. The van der Waals surface area contributed by atoms with Crippen molar-refractivity contribution in [3.63, 3.8) is 0 Å². The van der Waals surface area contributed by atoms with Gasteiger partial charge in [-0.2, -0.15) is 0 Å². The van der Waals surface area contributed by atoms with Gasteiger partial charge in [-0.15, -0.1) is 0 Å². The SMILES string of the molecule is CCCCC(C)(C)NC(=O)CN. The topological polar surface area (TPSA) is 55.1 Å². The highest BCUT2D eigenvalue weighted by Crippen LogP contribution is 2.11. The number of carbonyl (C=O) groups excluding carboxylic acids is 1. The Morgan fingerprint density at radius 3 is 2.50 bits per heavy atom. The normalized spacial score (nSPS) is 11.3. The molecule has 1 amide bonds. The molecular weight excluding hydrogens is 152 g/mol. The molecule has 0 aliphatic carbocycles. The Morgan fingerprint density at radius 2 is 2.08 bits per heavy atom. The number of carbonyl (C=O) groups is 1. The zero-order valence-corrected chi connectivity index (χ0v) is 8.31. The van der Waals surface area contributed by atoms with E-state index in [1.165, 1.54) is 0 Å². The van der Waals surface area contributed by atoms with E-state index in [1.54, 1.807) is 0 Å². The van der Waals surface area contributed by atoms with Crippen molar-refractivity contribution in [1.82, 2.24) is 5.32 Å². The Morgan fingerprint density at radius 1 is 1.50 bits per heavy atom. The Kier molecular flexibility index (Phi) is 4.90. The first-order chi connectivity index (χ1) is 5.52. The highest BCUT2D eigenvalue weighted by Gasteiger charge is 2.18. The van der Waals surface area contributed by atoms with Crippen molar-refractivity contribution in [3.05, 3.63) is 0 Å². The van der Waals surface area contributed by atoms with Gasteiger partial charge in [-0.25, -0.2) is 0 Å². The molecule has 0 saturated carbocycles. The van der Waals surface area contributed by atoms with Crippen LogP contribution in [0.15, 0.2) is 0 Å². The Hall–Kier alpha value is -0.570. The third kappa shape index (κ3) is 5.13. The van der Waals surface area contributed by atoms with Gasteiger partial charge in [0.1, 0.15) is 0 Å². The van der Waals surface area contributed by atoms with Crippen LogP contribution in [0.3, 0.4) is 0 Å². The maximum Gasteiger partial charge on any atom is 0.234 e. The first kappa shape index (κ1) is 11.4. The van der Waals surface area contributed by atoms with Crippen molar-refractivity contribution in [2.75, 3.05) is 6.54 Å². The van der Waals surface area contributed by atoms with E-state index in [4.69, 9.17) is 5.73 Å². The van der Waals surface area contributed by atoms with E-state index in [1.807, 2.05) is 13.8 Å². The molecule has 0 unspecified atom stereocenters. The lowest BCUT2D eigenvalue weighted by Crippen LogP contribution is -2.45. The maximum atomic E-state index is 11.0. The van der Waals surface area contributed by atoms with Crippen molar-refractivity contribution in [1.29, 1.82) is 0 Å². The molecule has 3 nitrogen and oxygen atoms in total. The summed E-state index contributed by atoms with van der Waals surface area (Å²) in [7, 11) is 0. The quantitative estimate of drug-likeness (QED) is 0.650. The average molecular weight is 172 g/mol. The molecule has 0 aromatic heterocycles. The highest BCUT2D eigenvalue weighted by molar-refractivity contribution is 5.78. The molecule has 0 heterocycles. The minimum atomic E-state index is -0.105. The van der Waals surface area contributed by atoms with Gasteiger partial charge in [0.2, 0.25) is 5.91 Å². The van der Waals surface area contributed by atoms with E-state index < -0.39 is 0 Å². The van der Waals surface area contributed by atoms with Crippen LogP contribution in [0.1, 0.15) is 40.0 Å². The zero-order valence-electron chi connectivity index (χ0n) is 8.31. The smallest absolute Gasteiger partial charge is 0.234 e. The van der Waals surface area contributed by atoms with Crippen molar-refractivity contribution < 1.29 is 4.79 Å². The minimum Gasteiger partial charge on any atom is -0.350 e. The molecule has 3 heteroatoms. The minimum absolute atomic E-state index is 0.0731. The van der Waals surface area contributed by atoms with Gasteiger partial charge in [0.15, 0.2) is 0 Å². The van der Waals surface area contributed by atoms with Gasteiger partial charge in [-0.05, 0) is 20.3 Å². The first-order valence-electron chi connectivity index (χ1n) is 4.53. The number of hydrogen-bond donors (Lipinski definition) is 2. The molecule has 0 atom stereocenters. The largest absolute Gasteiger partial charge is 0.350 e. The fourth-order valence-electron chi connectivity index (χ4n) is 1.11. The van der Waals surface area contributed by atoms with Crippen LogP contribution in [0.5, 0.6) is 0 Å². The molecule has 0 aromatic rings. The van der Waals surface area contributed by atoms with Gasteiger partial charge in [-0.1, -0.05) is 19.8 Å². The van der Waals surface area contributed by atoms with Gasteiger partial charge < -0.3 is 11.1 Å². The first-order valence-corrected chi connectivity index (χ1v) is 4.53. The number of nitrogens with one attached hydrogen (secondary N) is 1. The monoisotopic (exact) mass is 172 g/mol. The van der Waals surface area contributed by atoms with Crippen molar-refractivity contribution in [2.24, 2.45) is 5.73 Å². The third-order valence-corrected chi connectivity index (χ3v) is 1.82. The van der Waals surface area contributed by atoms with Gasteiger partial charge in [0.25, 0.3) is 0 Å². The second-order valence-electron chi connectivity index (χ2n) is 3.74. The molecule has 0 fully saturated rings. The summed E-state index contributed by atoms with van der Waals surface area (Å²) in [5.41, 5.74) is 5.09. The number of nitrogens with two attached hydrogens (primary N) is 1. The van der Waals surface area contributed by atoms with Crippen LogP contribution >= 0.6 is 0 Å². The van der Waals surface area contributed by atoms with E-state index >= 15 is 0 Å². The van der Waals surface area contributed by atoms with Crippen LogP contribution in [0.2, 0.25) is 0 Å².